The number of hydrogen-bond acceptors (Lipinski definition) is 4. The van der Waals surface area contributed by atoms with Crippen molar-refractivity contribution in [1.82, 2.24) is 30.0 Å². The predicted octanol–water partition coefficient (Wildman–Crippen LogP) is 2.30. The normalized spacial score (nSPS) is 10.8. The summed E-state index contributed by atoms with van der Waals surface area (Å²) in [6, 6.07) is 19.2. The van der Waals surface area contributed by atoms with Crippen molar-refractivity contribution >= 4 is 16.8 Å². The van der Waals surface area contributed by atoms with E-state index >= 15 is 0 Å². The number of carbonyl (C=O) groups is 1. The third-order valence-electron chi connectivity index (χ3n) is 4.86. The van der Waals surface area contributed by atoms with Crippen molar-refractivity contribution < 1.29 is 4.79 Å². The number of nitrogens with one attached hydrogen (secondary N) is 2. The van der Waals surface area contributed by atoms with Crippen LogP contribution in [-0.2, 0) is 20.1 Å². The fraction of sp³-hybridized carbons (Fsp3) is 0.182. The van der Waals surface area contributed by atoms with E-state index in [4.69, 9.17) is 0 Å². The van der Waals surface area contributed by atoms with Crippen molar-refractivity contribution in [3.8, 4) is 11.5 Å². The summed E-state index contributed by atoms with van der Waals surface area (Å²) in [6.07, 6.45) is 1.65. The Morgan fingerprint density at radius 2 is 1.80 bits per heavy atom. The SMILES string of the molecule is Cn1c(-c2ccccn2)nn(CCNC(=O)NCc2cccc3ccccc23)c1=O. The van der Waals surface area contributed by atoms with E-state index in [2.05, 4.69) is 20.7 Å². The average molecular weight is 402 g/mol. The Morgan fingerprint density at radius 1 is 1.00 bits per heavy atom. The standard InChI is InChI=1S/C22H22N6O2/c1-27-20(19-11-4-5-12-23-19)26-28(22(27)30)14-13-24-21(29)25-15-17-9-6-8-16-7-2-3-10-18(16)17/h2-12H,13-15H2,1H3,(H2,24,25,29). The van der Waals surface area contributed by atoms with Gasteiger partial charge in [0.05, 0.1) is 6.54 Å². The molecule has 4 aromatic rings. The van der Waals surface area contributed by atoms with Crippen molar-refractivity contribution in [3.05, 3.63) is 82.9 Å². The number of pyridine rings is 1. The molecule has 152 valence electrons. The molecule has 0 unspecified atom stereocenters. The highest BCUT2D eigenvalue weighted by atomic mass is 16.2. The molecule has 2 aromatic heterocycles. The molecule has 8 nitrogen and oxygen atoms in total. The van der Waals surface area contributed by atoms with E-state index in [1.54, 1.807) is 25.4 Å². The molecule has 0 fully saturated rings. The maximum Gasteiger partial charge on any atom is 0.346 e. The molecule has 2 amide bonds. The lowest BCUT2D eigenvalue weighted by atomic mass is 10.0. The van der Waals surface area contributed by atoms with E-state index in [0.29, 0.717) is 18.1 Å². The molecule has 8 heteroatoms. The monoisotopic (exact) mass is 402 g/mol. The van der Waals surface area contributed by atoms with Gasteiger partial charge in [0.15, 0.2) is 5.82 Å². The van der Waals surface area contributed by atoms with Crippen LogP contribution >= 0.6 is 0 Å². The number of nitrogens with zero attached hydrogens (tertiary/aromatic N) is 4. The fourth-order valence-corrected chi connectivity index (χ4v) is 3.31. The number of carbonyl (C=O) groups excluding carboxylic acids is 1. The minimum Gasteiger partial charge on any atom is -0.336 e. The lowest BCUT2D eigenvalue weighted by Gasteiger charge is -2.09. The quantitative estimate of drug-likeness (QED) is 0.517. The van der Waals surface area contributed by atoms with Gasteiger partial charge >= 0.3 is 11.7 Å². The van der Waals surface area contributed by atoms with Gasteiger partial charge in [0.2, 0.25) is 0 Å². The van der Waals surface area contributed by atoms with Gasteiger partial charge < -0.3 is 10.6 Å². The first-order valence-corrected chi connectivity index (χ1v) is 9.67. The zero-order valence-corrected chi connectivity index (χ0v) is 16.6. The van der Waals surface area contributed by atoms with Gasteiger partial charge in [0, 0.05) is 26.3 Å². The van der Waals surface area contributed by atoms with Crippen molar-refractivity contribution in [2.24, 2.45) is 7.05 Å². The molecule has 0 aliphatic heterocycles. The summed E-state index contributed by atoms with van der Waals surface area (Å²) in [5.41, 5.74) is 1.41. The van der Waals surface area contributed by atoms with Crippen LogP contribution < -0.4 is 16.3 Å². The highest BCUT2D eigenvalue weighted by Gasteiger charge is 2.13. The second kappa shape index (κ2) is 8.60. The predicted molar refractivity (Wildman–Crippen MR) is 115 cm³/mol. The summed E-state index contributed by atoms with van der Waals surface area (Å²) < 4.78 is 2.78. The number of hydrogen-bond donors (Lipinski definition) is 2. The number of rotatable bonds is 6. The van der Waals surface area contributed by atoms with Crippen LogP contribution in [0.3, 0.4) is 0 Å². The summed E-state index contributed by atoms with van der Waals surface area (Å²) in [5.74, 6) is 0.487. The second-order valence-electron chi connectivity index (χ2n) is 6.85. The lowest BCUT2D eigenvalue weighted by Crippen LogP contribution is -2.38. The Morgan fingerprint density at radius 3 is 2.63 bits per heavy atom. The van der Waals surface area contributed by atoms with Crippen LogP contribution in [0, 0.1) is 0 Å². The molecular weight excluding hydrogens is 380 g/mol. The van der Waals surface area contributed by atoms with Crippen molar-refractivity contribution in [2.45, 2.75) is 13.1 Å². The number of urea groups is 1. The Labute approximate surface area is 173 Å². The van der Waals surface area contributed by atoms with Gasteiger partial charge in [-0.25, -0.2) is 14.3 Å². The van der Waals surface area contributed by atoms with Crippen molar-refractivity contribution in [2.75, 3.05) is 6.54 Å². The molecule has 0 aliphatic carbocycles. The van der Waals surface area contributed by atoms with Crippen LogP contribution in [0.25, 0.3) is 22.3 Å². The number of amides is 2. The van der Waals surface area contributed by atoms with Gasteiger partial charge in [-0.05, 0) is 28.5 Å². The highest BCUT2D eigenvalue weighted by molar-refractivity contribution is 5.86. The Balaban J connectivity index is 1.33. The van der Waals surface area contributed by atoms with E-state index in [0.717, 1.165) is 16.3 Å². The highest BCUT2D eigenvalue weighted by Crippen LogP contribution is 2.18. The first-order valence-electron chi connectivity index (χ1n) is 9.67. The summed E-state index contributed by atoms with van der Waals surface area (Å²) in [4.78, 5) is 28.8. The molecule has 30 heavy (non-hydrogen) atoms. The molecule has 2 N–H and O–H groups in total. The minimum absolute atomic E-state index is 0.256. The Kier molecular flexibility index (Phi) is 5.56. The number of fused-ring (bicyclic) bond motifs is 1. The molecule has 4 rings (SSSR count). The molecule has 0 radical (unpaired) electrons. The molecule has 0 atom stereocenters. The van der Waals surface area contributed by atoms with Gasteiger partial charge in [-0.1, -0.05) is 48.5 Å². The molecule has 0 spiro atoms. The van der Waals surface area contributed by atoms with Gasteiger partial charge in [-0.2, -0.15) is 0 Å². The van der Waals surface area contributed by atoms with E-state index in [1.165, 1.54) is 9.25 Å². The number of benzene rings is 2. The van der Waals surface area contributed by atoms with Gasteiger partial charge in [0.25, 0.3) is 0 Å². The van der Waals surface area contributed by atoms with Gasteiger partial charge in [0.1, 0.15) is 5.69 Å². The molecule has 2 aromatic carbocycles. The zero-order chi connectivity index (χ0) is 20.9. The summed E-state index contributed by atoms with van der Waals surface area (Å²) in [6.45, 7) is 0.960. The first kappa shape index (κ1) is 19.4. The van der Waals surface area contributed by atoms with Crippen LogP contribution in [-0.4, -0.2) is 31.9 Å². The van der Waals surface area contributed by atoms with Crippen molar-refractivity contribution in [1.29, 1.82) is 0 Å². The van der Waals surface area contributed by atoms with E-state index in [1.807, 2.05) is 48.5 Å². The first-order chi connectivity index (χ1) is 14.6. The maximum absolute atomic E-state index is 12.4. The van der Waals surface area contributed by atoms with E-state index in [-0.39, 0.29) is 24.8 Å². The Hall–Kier alpha value is -3.94. The van der Waals surface area contributed by atoms with Crippen LogP contribution in [0.1, 0.15) is 5.56 Å². The summed E-state index contributed by atoms with van der Waals surface area (Å²) >= 11 is 0. The zero-order valence-electron chi connectivity index (χ0n) is 16.6. The summed E-state index contributed by atoms with van der Waals surface area (Å²) in [7, 11) is 1.65. The van der Waals surface area contributed by atoms with Crippen LogP contribution in [0.4, 0.5) is 4.79 Å². The molecule has 2 heterocycles. The van der Waals surface area contributed by atoms with Crippen LogP contribution in [0.5, 0.6) is 0 Å². The van der Waals surface area contributed by atoms with Crippen molar-refractivity contribution in [3.63, 3.8) is 0 Å². The average Bonchev–Trinajstić information content (AvgIpc) is 3.07. The van der Waals surface area contributed by atoms with E-state index < -0.39 is 0 Å². The molecule has 0 bridgehead atoms. The van der Waals surface area contributed by atoms with Gasteiger partial charge in [-0.15, -0.1) is 5.10 Å². The maximum atomic E-state index is 12.4. The third-order valence-corrected chi connectivity index (χ3v) is 4.86. The fourth-order valence-electron chi connectivity index (χ4n) is 3.31. The lowest BCUT2D eigenvalue weighted by molar-refractivity contribution is 0.240. The van der Waals surface area contributed by atoms with Crippen LogP contribution in [0.2, 0.25) is 0 Å². The topological polar surface area (TPSA) is 93.8 Å². The third kappa shape index (κ3) is 4.07. The smallest absolute Gasteiger partial charge is 0.336 e. The molecule has 0 saturated heterocycles. The molecule has 0 saturated carbocycles. The van der Waals surface area contributed by atoms with Crippen LogP contribution in [0.15, 0.2) is 71.7 Å². The summed E-state index contributed by atoms with van der Waals surface area (Å²) in [5, 5.41) is 12.2. The molecule has 0 aliphatic rings. The van der Waals surface area contributed by atoms with Gasteiger partial charge in [-0.3, -0.25) is 9.55 Å². The number of aromatic nitrogens is 4. The Bertz CT molecular complexity index is 1220. The minimum atomic E-state index is -0.295. The van der Waals surface area contributed by atoms with E-state index in [9.17, 15) is 9.59 Å². The second-order valence-corrected chi connectivity index (χ2v) is 6.85. The largest absolute Gasteiger partial charge is 0.346 e. The molecular formula is C22H22N6O2.